The molecule has 2 rings (SSSR count). The molecule has 0 aromatic heterocycles. The number of likely N-dealkylation sites (tertiary alicyclic amines) is 1. The second-order valence-corrected chi connectivity index (χ2v) is 4.88. The van der Waals surface area contributed by atoms with Gasteiger partial charge in [-0.1, -0.05) is 29.8 Å². The molecule has 0 spiro atoms. The third-order valence-corrected chi connectivity index (χ3v) is 3.33. The van der Waals surface area contributed by atoms with Crippen molar-refractivity contribution in [2.75, 3.05) is 13.1 Å². The van der Waals surface area contributed by atoms with Crippen molar-refractivity contribution in [3.63, 3.8) is 0 Å². The normalized spacial score (nSPS) is 17.4. The maximum absolute atomic E-state index is 13.1. The van der Waals surface area contributed by atoms with Gasteiger partial charge in [-0.05, 0) is 12.5 Å². The predicted molar refractivity (Wildman–Crippen MR) is 70.3 cm³/mol. The molecule has 1 fully saturated rings. The number of nitrogens with two attached hydrogens (primary N) is 1. The maximum Gasteiger partial charge on any atom is 0.257 e. The van der Waals surface area contributed by atoms with Gasteiger partial charge in [-0.2, -0.15) is 0 Å². The fourth-order valence-corrected chi connectivity index (χ4v) is 2.12. The number of hydrogen-bond donors (Lipinski definition) is 3. The lowest BCUT2D eigenvalue weighted by atomic mass is 10.0. The molecule has 1 saturated heterocycles. The first kappa shape index (κ1) is 13.7. The first-order chi connectivity index (χ1) is 8.97. The van der Waals surface area contributed by atoms with E-state index in [4.69, 9.17) is 11.1 Å². The fraction of sp³-hybridized carbons (Fsp3) is 0.462. The van der Waals surface area contributed by atoms with Crippen LogP contribution in [0.15, 0.2) is 24.3 Å². The lowest BCUT2D eigenvalue weighted by Crippen LogP contribution is -2.62. The quantitative estimate of drug-likeness (QED) is 0.572. The first-order valence-electron chi connectivity index (χ1n) is 6.17. The van der Waals surface area contributed by atoms with Gasteiger partial charge >= 0.3 is 0 Å². The fourth-order valence-electron chi connectivity index (χ4n) is 2.12. The minimum atomic E-state index is -2.46. The summed E-state index contributed by atoms with van der Waals surface area (Å²) in [7, 11) is 0. The van der Waals surface area contributed by atoms with E-state index in [1.807, 2.05) is 19.1 Å². The third-order valence-electron chi connectivity index (χ3n) is 3.33. The minimum Gasteiger partial charge on any atom is -0.370 e. The Morgan fingerprint density at radius 3 is 2.42 bits per heavy atom. The number of guanidine groups is 1. The van der Waals surface area contributed by atoms with E-state index in [2.05, 4.69) is 5.32 Å². The summed E-state index contributed by atoms with van der Waals surface area (Å²) in [5.74, 6) is -0.0121. The number of nitrogens with one attached hydrogen (secondary N) is 2. The molecule has 0 saturated carbocycles. The summed E-state index contributed by atoms with van der Waals surface area (Å²) >= 11 is 0. The number of alkyl halides is 2. The Hall–Kier alpha value is -1.69. The second kappa shape index (κ2) is 5.52. The van der Waals surface area contributed by atoms with Gasteiger partial charge < -0.3 is 10.6 Å². The average molecular weight is 268 g/mol. The average Bonchev–Trinajstić information content (AvgIpc) is 2.28. The van der Waals surface area contributed by atoms with Crippen LogP contribution in [-0.2, 0) is 0 Å². The highest BCUT2D eigenvalue weighted by atomic mass is 19.3. The molecule has 19 heavy (non-hydrogen) atoms. The van der Waals surface area contributed by atoms with Gasteiger partial charge in [0, 0.05) is 19.1 Å². The van der Waals surface area contributed by atoms with Crippen molar-refractivity contribution in [3.05, 3.63) is 35.4 Å². The first-order valence-corrected chi connectivity index (χ1v) is 6.17. The van der Waals surface area contributed by atoms with E-state index in [0.29, 0.717) is 18.7 Å². The summed E-state index contributed by atoms with van der Waals surface area (Å²) < 4.78 is 26.2. The Morgan fingerprint density at radius 1 is 1.37 bits per heavy atom. The molecule has 104 valence electrons. The van der Waals surface area contributed by atoms with E-state index < -0.39 is 12.5 Å². The molecule has 0 aliphatic carbocycles. The minimum absolute atomic E-state index is 0.0121. The summed E-state index contributed by atoms with van der Waals surface area (Å²) in [5.41, 5.74) is 6.94. The Labute approximate surface area is 111 Å². The number of rotatable bonds is 4. The van der Waals surface area contributed by atoms with Crippen LogP contribution >= 0.6 is 0 Å². The van der Waals surface area contributed by atoms with Crippen LogP contribution in [0.1, 0.15) is 17.2 Å². The molecule has 1 aromatic rings. The highest BCUT2D eigenvalue weighted by Gasteiger charge is 2.32. The molecular formula is C13H18F2N4. The molecule has 1 heterocycles. The molecule has 0 radical (unpaired) electrons. The second-order valence-electron chi connectivity index (χ2n) is 4.88. The summed E-state index contributed by atoms with van der Waals surface area (Å²) in [6.45, 7) is 2.93. The molecule has 6 heteroatoms. The zero-order valence-corrected chi connectivity index (χ0v) is 10.7. The summed E-state index contributed by atoms with van der Waals surface area (Å²) in [6, 6.07) is 6.08. The van der Waals surface area contributed by atoms with Gasteiger partial charge in [0.2, 0.25) is 0 Å². The van der Waals surface area contributed by atoms with Crippen LogP contribution in [0.25, 0.3) is 0 Å². The molecular weight excluding hydrogens is 250 g/mol. The van der Waals surface area contributed by atoms with Crippen molar-refractivity contribution < 1.29 is 8.78 Å². The summed E-state index contributed by atoms with van der Waals surface area (Å²) in [5, 5.41) is 10.2. The smallest absolute Gasteiger partial charge is 0.257 e. The molecule has 4 N–H and O–H groups in total. The molecule has 0 bridgehead atoms. The SMILES string of the molecule is Cc1ccc(C(NC2CN(C(=N)N)C2)C(F)F)cc1. The van der Waals surface area contributed by atoms with Crippen LogP contribution in [0.4, 0.5) is 8.78 Å². The van der Waals surface area contributed by atoms with Crippen LogP contribution in [0.2, 0.25) is 0 Å². The van der Waals surface area contributed by atoms with Crippen LogP contribution < -0.4 is 11.1 Å². The van der Waals surface area contributed by atoms with Crippen molar-refractivity contribution >= 4 is 5.96 Å². The molecule has 1 aliphatic rings. The molecule has 1 unspecified atom stereocenters. The number of benzene rings is 1. The lowest BCUT2D eigenvalue weighted by Gasteiger charge is -2.41. The van der Waals surface area contributed by atoms with E-state index in [1.54, 1.807) is 17.0 Å². The van der Waals surface area contributed by atoms with Gasteiger partial charge in [-0.3, -0.25) is 10.7 Å². The van der Waals surface area contributed by atoms with Crippen LogP contribution in [0, 0.1) is 12.3 Å². The molecule has 1 aliphatic heterocycles. The van der Waals surface area contributed by atoms with Crippen LogP contribution in [0.5, 0.6) is 0 Å². The summed E-state index contributed by atoms with van der Waals surface area (Å²) in [4.78, 5) is 1.63. The molecule has 1 aromatic carbocycles. The van der Waals surface area contributed by atoms with Crippen molar-refractivity contribution in [1.29, 1.82) is 5.41 Å². The lowest BCUT2D eigenvalue weighted by molar-refractivity contribution is 0.0750. The number of halogens is 2. The zero-order valence-electron chi connectivity index (χ0n) is 10.7. The Kier molecular flexibility index (Phi) is 3.99. The van der Waals surface area contributed by atoms with Gasteiger partial charge in [0.05, 0.1) is 6.04 Å². The van der Waals surface area contributed by atoms with E-state index in [-0.39, 0.29) is 12.0 Å². The highest BCUT2D eigenvalue weighted by molar-refractivity contribution is 5.75. The summed E-state index contributed by atoms with van der Waals surface area (Å²) in [6.07, 6.45) is -2.46. The van der Waals surface area contributed by atoms with Crippen molar-refractivity contribution in [2.45, 2.75) is 25.4 Å². The Morgan fingerprint density at radius 2 is 1.95 bits per heavy atom. The van der Waals surface area contributed by atoms with E-state index in [9.17, 15) is 8.78 Å². The van der Waals surface area contributed by atoms with Crippen molar-refractivity contribution in [2.24, 2.45) is 5.73 Å². The standard InChI is InChI=1S/C13H18F2N4/c1-8-2-4-9(5-3-8)11(12(14)15)18-10-6-19(7-10)13(16)17/h2-5,10-12,18H,6-7H2,1H3,(H3,16,17). The highest BCUT2D eigenvalue weighted by Crippen LogP contribution is 2.23. The van der Waals surface area contributed by atoms with Crippen molar-refractivity contribution in [1.82, 2.24) is 10.2 Å². The monoisotopic (exact) mass is 268 g/mol. The molecule has 0 amide bonds. The van der Waals surface area contributed by atoms with E-state index >= 15 is 0 Å². The molecule has 1 atom stereocenters. The topological polar surface area (TPSA) is 65.1 Å². The number of aryl methyl sites for hydroxylation is 1. The van der Waals surface area contributed by atoms with Crippen LogP contribution in [-0.4, -0.2) is 36.4 Å². The van der Waals surface area contributed by atoms with Gasteiger partial charge in [-0.25, -0.2) is 8.78 Å². The van der Waals surface area contributed by atoms with E-state index in [0.717, 1.165) is 5.56 Å². The largest absolute Gasteiger partial charge is 0.370 e. The van der Waals surface area contributed by atoms with Gasteiger partial charge in [0.15, 0.2) is 5.96 Å². The van der Waals surface area contributed by atoms with E-state index in [1.165, 1.54) is 0 Å². The maximum atomic E-state index is 13.1. The predicted octanol–water partition coefficient (Wildman–Crippen LogP) is 1.47. The van der Waals surface area contributed by atoms with Crippen LogP contribution in [0.3, 0.4) is 0 Å². The van der Waals surface area contributed by atoms with Crippen molar-refractivity contribution in [3.8, 4) is 0 Å². The van der Waals surface area contributed by atoms with Gasteiger partial charge in [-0.15, -0.1) is 0 Å². The zero-order chi connectivity index (χ0) is 14.0. The van der Waals surface area contributed by atoms with Gasteiger partial charge in [0.25, 0.3) is 6.43 Å². The Balaban J connectivity index is 1.98. The third kappa shape index (κ3) is 3.20. The van der Waals surface area contributed by atoms with Gasteiger partial charge in [0.1, 0.15) is 0 Å². The number of nitrogens with zero attached hydrogens (tertiary/aromatic N) is 1. The molecule has 4 nitrogen and oxygen atoms in total. The Bertz CT molecular complexity index is 440. The number of hydrogen-bond acceptors (Lipinski definition) is 2.